The van der Waals surface area contributed by atoms with Crippen molar-refractivity contribution in [1.82, 2.24) is 4.37 Å². The predicted octanol–water partition coefficient (Wildman–Crippen LogP) is 1.16. The van der Waals surface area contributed by atoms with Crippen molar-refractivity contribution in [1.29, 1.82) is 0 Å². The maximum atomic E-state index is 10.7. The maximum Gasteiger partial charge on any atom is 0.261 e. The molecule has 1 heterocycles. The fourth-order valence-corrected chi connectivity index (χ4v) is 1.21. The fraction of sp³-hybridized carbons (Fsp3) is 0.167. The Bertz CT molecular complexity index is 248. The first-order valence-corrected chi connectivity index (χ1v) is 3.48. The van der Waals surface area contributed by atoms with Gasteiger partial charge >= 0.3 is 0 Å². The Hall–Kier alpha value is -0.830. The molecule has 0 saturated heterocycles. The van der Waals surface area contributed by atoms with Crippen LogP contribution in [0.2, 0.25) is 0 Å². The molecule has 0 aliphatic heterocycles. The summed E-state index contributed by atoms with van der Waals surface area (Å²) in [6.07, 6.45) is 2.39. The molecule has 1 aromatic rings. The number of H-pyrrole nitrogens is 1. The van der Waals surface area contributed by atoms with Crippen molar-refractivity contribution in [3.05, 3.63) is 34.0 Å². The summed E-state index contributed by atoms with van der Waals surface area (Å²) in [6.45, 7) is 3.53. The van der Waals surface area contributed by atoms with Gasteiger partial charge in [0.2, 0.25) is 0 Å². The number of allylic oxidation sites excluding steroid dienone is 1. The maximum absolute atomic E-state index is 10.7. The predicted molar refractivity (Wildman–Crippen MR) is 38.8 cm³/mol. The lowest BCUT2D eigenvalue weighted by Crippen LogP contribution is -2.02. The number of hydrogen-bond donors (Lipinski definition) is 1. The van der Waals surface area contributed by atoms with E-state index >= 15 is 0 Å². The molecule has 0 bridgehead atoms. The molecule has 0 aliphatic carbocycles. The molecule has 0 fully saturated rings. The van der Waals surface area contributed by atoms with Gasteiger partial charge in [-0.15, -0.1) is 6.58 Å². The third-order valence-electron chi connectivity index (χ3n) is 1.01. The van der Waals surface area contributed by atoms with Crippen LogP contribution in [0, 0.1) is 0 Å². The van der Waals surface area contributed by atoms with Crippen LogP contribution in [0.3, 0.4) is 0 Å². The van der Waals surface area contributed by atoms with Gasteiger partial charge in [0, 0.05) is 10.9 Å². The molecule has 0 radical (unpaired) electrons. The zero-order valence-corrected chi connectivity index (χ0v) is 5.70. The molecule has 1 rings (SSSR count). The molecule has 0 aromatic carbocycles. The number of aromatic amines is 1. The smallest absolute Gasteiger partial charge is 0.261 e. The molecule has 9 heavy (non-hydrogen) atoms. The van der Waals surface area contributed by atoms with E-state index in [9.17, 15) is 4.79 Å². The van der Waals surface area contributed by atoms with Gasteiger partial charge < -0.3 is 0 Å². The molecular weight excluding hydrogens is 134 g/mol. The van der Waals surface area contributed by atoms with E-state index < -0.39 is 0 Å². The standard InChI is InChI=1S/C6H7NOS/c1-2-3-5-4-9-7-6(5)8/h2,4H,1,3H2,(H,7,8). The summed E-state index contributed by atoms with van der Waals surface area (Å²) in [7, 11) is 0. The van der Waals surface area contributed by atoms with Gasteiger partial charge in [-0.1, -0.05) is 17.6 Å². The second-order valence-corrected chi connectivity index (χ2v) is 2.36. The molecule has 1 aromatic heterocycles. The largest absolute Gasteiger partial charge is 0.278 e. The Morgan fingerprint density at radius 1 is 1.89 bits per heavy atom. The van der Waals surface area contributed by atoms with Crippen molar-refractivity contribution in [3.63, 3.8) is 0 Å². The van der Waals surface area contributed by atoms with E-state index in [1.807, 2.05) is 5.38 Å². The van der Waals surface area contributed by atoms with Crippen LogP contribution in [0.25, 0.3) is 0 Å². The highest BCUT2D eigenvalue weighted by Crippen LogP contribution is 1.95. The summed E-state index contributed by atoms with van der Waals surface area (Å²) in [4.78, 5) is 10.7. The van der Waals surface area contributed by atoms with Crippen molar-refractivity contribution >= 4 is 11.5 Å². The highest BCUT2D eigenvalue weighted by molar-refractivity contribution is 7.03. The van der Waals surface area contributed by atoms with E-state index in [2.05, 4.69) is 11.0 Å². The zero-order chi connectivity index (χ0) is 6.69. The normalized spacial score (nSPS) is 9.33. The second-order valence-electron chi connectivity index (χ2n) is 1.68. The quantitative estimate of drug-likeness (QED) is 0.616. The topological polar surface area (TPSA) is 32.9 Å². The van der Waals surface area contributed by atoms with Crippen LogP contribution in [0.5, 0.6) is 0 Å². The SMILES string of the molecule is C=CCc1cs[nH]c1=O. The molecule has 1 N–H and O–H groups in total. The molecule has 2 nitrogen and oxygen atoms in total. The molecule has 48 valence electrons. The van der Waals surface area contributed by atoms with Crippen molar-refractivity contribution in [3.8, 4) is 0 Å². The van der Waals surface area contributed by atoms with Crippen molar-refractivity contribution in [2.75, 3.05) is 0 Å². The van der Waals surface area contributed by atoms with Crippen molar-refractivity contribution in [2.45, 2.75) is 6.42 Å². The van der Waals surface area contributed by atoms with Crippen LogP contribution in [-0.2, 0) is 6.42 Å². The zero-order valence-electron chi connectivity index (χ0n) is 4.89. The van der Waals surface area contributed by atoms with Gasteiger partial charge in [-0.3, -0.25) is 9.17 Å². The Labute approximate surface area is 57.0 Å². The first-order chi connectivity index (χ1) is 4.34. The lowest BCUT2D eigenvalue weighted by molar-refractivity contribution is 1.22. The van der Waals surface area contributed by atoms with Gasteiger partial charge in [0.05, 0.1) is 0 Å². The van der Waals surface area contributed by atoms with Gasteiger partial charge in [0.1, 0.15) is 0 Å². The first-order valence-electron chi connectivity index (χ1n) is 2.60. The fourth-order valence-electron chi connectivity index (χ4n) is 0.569. The monoisotopic (exact) mass is 141 g/mol. The molecule has 0 amide bonds. The number of hydrogen-bond acceptors (Lipinski definition) is 2. The average Bonchev–Trinajstić information content (AvgIpc) is 2.18. The molecule has 0 spiro atoms. The van der Waals surface area contributed by atoms with Crippen LogP contribution in [0.1, 0.15) is 5.56 Å². The minimum Gasteiger partial charge on any atom is -0.278 e. The molecule has 0 saturated carbocycles. The third-order valence-corrected chi connectivity index (χ3v) is 1.71. The highest BCUT2D eigenvalue weighted by Gasteiger charge is 1.94. The minimum absolute atomic E-state index is 0.0138. The molecule has 0 aliphatic rings. The van der Waals surface area contributed by atoms with E-state index in [4.69, 9.17) is 0 Å². The van der Waals surface area contributed by atoms with E-state index in [1.165, 1.54) is 11.5 Å². The second kappa shape index (κ2) is 2.64. The van der Waals surface area contributed by atoms with Crippen LogP contribution in [0.4, 0.5) is 0 Å². The summed E-state index contributed by atoms with van der Waals surface area (Å²) in [5.41, 5.74) is 0.815. The lowest BCUT2D eigenvalue weighted by Gasteiger charge is -1.79. The Balaban J connectivity index is 2.93. The van der Waals surface area contributed by atoms with E-state index in [0.717, 1.165) is 5.56 Å². The van der Waals surface area contributed by atoms with Gasteiger partial charge in [-0.2, -0.15) is 0 Å². The van der Waals surface area contributed by atoms with Crippen LogP contribution < -0.4 is 5.56 Å². The molecule has 0 atom stereocenters. The summed E-state index contributed by atoms with van der Waals surface area (Å²) < 4.78 is 2.59. The Kier molecular flexibility index (Phi) is 1.85. The number of aromatic nitrogens is 1. The van der Waals surface area contributed by atoms with E-state index in [0.29, 0.717) is 6.42 Å². The third kappa shape index (κ3) is 1.29. The Morgan fingerprint density at radius 2 is 2.67 bits per heavy atom. The van der Waals surface area contributed by atoms with Crippen molar-refractivity contribution < 1.29 is 0 Å². The number of nitrogens with one attached hydrogen (secondary N) is 1. The Morgan fingerprint density at radius 3 is 3.11 bits per heavy atom. The average molecular weight is 141 g/mol. The van der Waals surface area contributed by atoms with Gasteiger partial charge in [-0.05, 0) is 6.42 Å². The van der Waals surface area contributed by atoms with E-state index in [1.54, 1.807) is 6.08 Å². The summed E-state index contributed by atoms with van der Waals surface area (Å²) in [5.74, 6) is 0. The molecule has 3 heteroatoms. The highest BCUT2D eigenvalue weighted by atomic mass is 32.1. The summed E-state index contributed by atoms with van der Waals surface area (Å²) in [5, 5.41) is 1.81. The summed E-state index contributed by atoms with van der Waals surface area (Å²) in [6, 6.07) is 0. The van der Waals surface area contributed by atoms with Gasteiger partial charge in [0.15, 0.2) is 0 Å². The van der Waals surface area contributed by atoms with Gasteiger partial charge in [-0.25, -0.2) is 0 Å². The van der Waals surface area contributed by atoms with Crippen molar-refractivity contribution in [2.24, 2.45) is 0 Å². The first kappa shape index (κ1) is 6.29. The lowest BCUT2D eigenvalue weighted by atomic mass is 10.3. The number of rotatable bonds is 2. The van der Waals surface area contributed by atoms with Crippen LogP contribution >= 0.6 is 11.5 Å². The van der Waals surface area contributed by atoms with Gasteiger partial charge in [0.25, 0.3) is 5.56 Å². The summed E-state index contributed by atoms with van der Waals surface area (Å²) >= 11 is 1.32. The molecule has 0 unspecified atom stereocenters. The van der Waals surface area contributed by atoms with Crippen LogP contribution in [-0.4, -0.2) is 4.37 Å². The van der Waals surface area contributed by atoms with E-state index in [-0.39, 0.29) is 5.56 Å². The van der Waals surface area contributed by atoms with Crippen LogP contribution in [0.15, 0.2) is 22.8 Å². The molecular formula is C6H7NOS. The minimum atomic E-state index is 0.0138.